The molecule has 1 atom stereocenters. The standard InChI is InChI=1S/C17H17N3O5/c1-10(21)18-8-13-9-20(17(22)24-13)12-2-3-14-15(6-12)23-5-4-11-7-19-25-16(11)14/h2-3,6-7,13H,4-5,8-9H2,1H3,(H,18,21)/t13-/m0/s1. The van der Waals surface area contributed by atoms with Crippen molar-refractivity contribution in [3.05, 3.63) is 30.0 Å². The summed E-state index contributed by atoms with van der Waals surface area (Å²) in [5.74, 6) is 1.19. The van der Waals surface area contributed by atoms with Crippen LogP contribution in [0.1, 0.15) is 12.5 Å². The quantitative estimate of drug-likeness (QED) is 0.912. The average molecular weight is 343 g/mol. The molecule has 0 unspecified atom stereocenters. The molecule has 1 aromatic carbocycles. The Morgan fingerprint density at radius 2 is 2.32 bits per heavy atom. The molecule has 0 bridgehead atoms. The lowest BCUT2D eigenvalue weighted by molar-refractivity contribution is -0.119. The summed E-state index contributed by atoms with van der Waals surface area (Å²) in [5.41, 5.74) is 2.50. The first-order chi connectivity index (χ1) is 12.1. The predicted molar refractivity (Wildman–Crippen MR) is 87.4 cm³/mol. The van der Waals surface area contributed by atoms with Crippen LogP contribution in [0.4, 0.5) is 10.5 Å². The van der Waals surface area contributed by atoms with Gasteiger partial charge in [0.1, 0.15) is 11.9 Å². The van der Waals surface area contributed by atoms with Gasteiger partial charge < -0.3 is 19.3 Å². The number of anilines is 1. The first kappa shape index (κ1) is 15.5. The topological polar surface area (TPSA) is 93.9 Å². The Labute approximate surface area is 143 Å². The Morgan fingerprint density at radius 3 is 3.16 bits per heavy atom. The second-order valence-corrected chi connectivity index (χ2v) is 6.01. The number of amides is 2. The SMILES string of the molecule is CC(=O)NC[C@H]1CN(c2ccc3c(c2)OCCc2cnoc2-3)C(=O)O1. The lowest BCUT2D eigenvalue weighted by Gasteiger charge is -2.15. The van der Waals surface area contributed by atoms with E-state index in [4.69, 9.17) is 14.0 Å². The van der Waals surface area contributed by atoms with E-state index in [-0.39, 0.29) is 12.0 Å². The molecule has 3 heterocycles. The molecular weight excluding hydrogens is 326 g/mol. The van der Waals surface area contributed by atoms with E-state index < -0.39 is 6.09 Å². The number of carbonyl (C=O) groups is 2. The smallest absolute Gasteiger partial charge is 0.414 e. The van der Waals surface area contributed by atoms with Crippen LogP contribution in [0.5, 0.6) is 5.75 Å². The number of cyclic esters (lactones) is 1. The second-order valence-electron chi connectivity index (χ2n) is 6.01. The Kier molecular flexibility index (Phi) is 3.79. The van der Waals surface area contributed by atoms with Gasteiger partial charge in [-0.15, -0.1) is 0 Å². The van der Waals surface area contributed by atoms with Gasteiger partial charge in [0.15, 0.2) is 5.76 Å². The molecule has 0 aliphatic carbocycles. The van der Waals surface area contributed by atoms with Crippen molar-refractivity contribution < 1.29 is 23.6 Å². The van der Waals surface area contributed by atoms with Gasteiger partial charge in [0.25, 0.3) is 0 Å². The third-order valence-corrected chi connectivity index (χ3v) is 4.25. The summed E-state index contributed by atoms with van der Waals surface area (Å²) in [6, 6.07) is 5.48. The highest BCUT2D eigenvalue weighted by molar-refractivity contribution is 5.91. The molecule has 0 radical (unpaired) electrons. The highest BCUT2D eigenvalue weighted by Gasteiger charge is 2.33. The van der Waals surface area contributed by atoms with Crippen molar-refractivity contribution in [3.8, 4) is 17.1 Å². The van der Waals surface area contributed by atoms with Gasteiger partial charge in [0.05, 0.1) is 37.1 Å². The molecule has 0 saturated carbocycles. The van der Waals surface area contributed by atoms with E-state index in [2.05, 4.69) is 10.5 Å². The first-order valence-corrected chi connectivity index (χ1v) is 8.05. The summed E-state index contributed by atoms with van der Waals surface area (Å²) in [4.78, 5) is 24.7. The summed E-state index contributed by atoms with van der Waals surface area (Å²) < 4.78 is 16.4. The number of ether oxygens (including phenoxy) is 2. The summed E-state index contributed by atoms with van der Waals surface area (Å²) in [7, 11) is 0. The minimum atomic E-state index is -0.440. The van der Waals surface area contributed by atoms with Gasteiger partial charge in [0.2, 0.25) is 5.91 Å². The fourth-order valence-corrected chi connectivity index (χ4v) is 3.01. The van der Waals surface area contributed by atoms with E-state index in [9.17, 15) is 9.59 Å². The number of aromatic nitrogens is 1. The highest BCUT2D eigenvalue weighted by atomic mass is 16.6. The molecule has 1 aromatic heterocycles. The zero-order valence-electron chi connectivity index (χ0n) is 13.7. The van der Waals surface area contributed by atoms with Gasteiger partial charge >= 0.3 is 6.09 Å². The zero-order valence-corrected chi connectivity index (χ0v) is 13.7. The first-order valence-electron chi connectivity index (χ1n) is 8.05. The Hall–Kier alpha value is -3.03. The number of nitrogens with one attached hydrogen (secondary N) is 1. The van der Waals surface area contributed by atoms with Crippen molar-refractivity contribution in [3.63, 3.8) is 0 Å². The number of hydrogen-bond donors (Lipinski definition) is 1. The summed E-state index contributed by atoms with van der Waals surface area (Å²) in [6.07, 6.45) is 1.60. The van der Waals surface area contributed by atoms with Crippen molar-refractivity contribution in [2.45, 2.75) is 19.4 Å². The molecule has 8 nitrogen and oxygen atoms in total. The van der Waals surface area contributed by atoms with E-state index in [1.807, 2.05) is 12.1 Å². The zero-order chi connectivity index (χ0) is 17.4. The van der Waals surface area contributed by atoms with Gasteiger partial charge in [-0.25, -0.2) is 4.79 Å². The molecule has 2 aromatic rings. The summed E-state index contributed by atoms with van der Waals surface area (Å²) in [5, 5.41) is 6.51. The molecule has 2 aliphatic rings. The normalized spacial score (nSPS) is 18.7. The van der Waals surface area contributed by atoms with Crippen LogP contribution >= 0.6 is 0 Å². The molecule has 2 amide bonds. The average Bonchev–Trinajstić information content (AvgIpc) is 3.15. The molecule has 4 rings (SSSR count). The van der Waals surface area contributed by atoms with E-state index in [1.54, 1.807) is 12.3 Å². The Balaban J connectivity index is 1.58. The molecule has 25 heavy (non-hydrogen) atoms. The molecule has 0 spiro atoms. The van der Waals surface area contributed by atoms with Gasteiger partial charge in [0, 0.05) is 25.0 Å². The maximum absolute atomic E-state index is 12.1. The van der Waals surface area contributed by atoms with Gasteiger partial charge in [-0.3, -0.25) is 9.69 Å². The number of carbonyl (C=O) groups excluding carboxylic acids is 2. The Bertz CT molecular complexity index is 831. The van der Waals surface area contributed by atoms with Crippen LogP contribution in [0.3, 0.4) is 0 Å². The van der Waals surface area contributed by atoms with Crippen LogP contribution in [0.25, 0.3) is 11.3 Å². The molecule has 1 saturated heterocycles. The predicted octanol–water partition coefficient (Wildman–Crippen LogP) is 1.74. The molecule has 8 heteroatoms. The number of fused-ring (bicyclic) bond motifs is 3. The largest absolute Gasteiger partial charge is 0.492 e. The van der Waals surface area contributed by atoms with E-state index in [0.29, 0.717) is 43.3 Å². The third-order valence-electron chi connectivity index (χ3n) is 4.25. The number of nitrogens with zero attached hydrogens (tertiary/aromatic N) is 2. The molecule has 1 fully saturated rings. The summed E-state index contributed by atoms with van der Waals surface area (Å²) >= 11 is 0. The maximum atomic E-state index is 12.1. The van der Waals surface area contributed by atoms with Crippen molar-refractivity contribution in [1.29, 1.82) is 0 Å². The van der Waals surface area contributed by atoms with E-state index in [0.717, 1.165) is 11.1 Å². The maximum Gasteiger partial charge on any atom is 0.414 e. The second kappa shape index (κ2) is 6.12. The molecule has 2 aliphatic heterocycles. The van der Waals surface area contributed by atoms with Crippen LogP contribution in [0.2, 0.25) is 0 Å². The van der Waals surface area contributed by atoms with Crippen molar-refractivity contribution in [1.82, 2.24) is 10.5 Å². The summed E-state index contributed by atoms with van der Waals surface area (Å²) in [6.45, 7) is 2.60. The van der Waals surface area contributed by atoms with E-state index in [1.165, 1.54) is 11.8 Å². The number of benzene rings is 1. The van der Waals surface area contributed by atoms with Crippen LogP contribution in [0, 0.1) is 0 Å². The van der Waals surface area contributed by atoms with Crippen LogP contribution < -0.4 is 15.0 Å². The number of rotatable bonds is 3. The van der Waals surface area contributed by atoms with Crippen LogP contribution in [0.15, 0.2) is 28.9 Å². The van der Waals surface area contributed by atoms with Crippen LogP contribution in [-0.2, 0) is 16.0 Å². The van der Waals surface area contributed by atoms with Crippen molar-refractivity contribution in [2.75, 3.05) is 24.6 Å². The highest BCUT2D eigenvalue weighted by Crippen LogP contribution is 2.38. The minimum Gasteiger partial charge on any atom is -0.492 e. The fourth-order valence-electron chi connectivity index (χ4n) is 3.01. The van der Waals surface area contributed by atoms with Gasteiger partial charge in [-0.1, -0.05) is 5.16 Å². The van der Waals surface area contributed by atoms with Crippen molar-refractivity contribution in [2.24, 2.45) is 0 Å². The van der Waals surface area contributed by atoms with E-state index >= 15 is 0 Å². The third kappa shape index (κ3) is 2.90. The van der Waals surface area contributed by atoms with Crippen molar-refractivity contribution >= 4 is 17.7 Å². The molecule has 1 N–H and O–H groups in total. The number of hydrogen-bond acceptors (Lipinski definition) is 6. The van der Waals surface area contributed by atoms with Crippen LogP contribution in [-0.4, -0.2) is 43.0 Å². The molecular formula is C17H17N3O5. The van der Waals surface area contributed by atoms with Gasteiger partial charge in [-0.2, -0.15) is 0 Å². The Morgan fingerprint density at radius 1 is 1.44 bits per heavy atom. The fraction of sp³-hybridized carbons (Fsp3) is 0.353. The monoisotopic (exact) mass is 343 g/mol. The lowest BCUT2D eigenvalue weighted by Crippen LogP contribution is -2.33. The molecule has 130 valence electrons. The van der Waals surface area contributed by atoms with Gasteiger partial charge in [-0.05, 0) is 12.1 Å². The minimum absolute atomic E-state index is 0.157. The lowest BCUT2D eigenvalue weighted by atomic mass is 10.1.